The maximum absolute atomic E-state index is 11.5. The number of aromatic carboxylic acids is 1. The van der Waals surface area contributed by atoms with Gasteiger partial charge in [-0.3, -0.25) is 0 Å². The molecule has 0 saturated heterocycles. The summed E-state index contributed by atoms with van der Waals surface area (Å²) in [5.41, 5.74) is 2.26. The number of aryl methyl sites for hydroxylation is 1. The van der Waals surface area contributed by atoms with Crippen molar-refractivity contribution in [1.82, 2.24) is 4.98 Å². The molecule has 2 aromatic heterocycles. The number of carboxylic acid groups (broad SMARTS) is 1. The molecule has 0 spiro atoms. The van der Waals surface area contributed by atoms with Crippen LogP contribution in [0.5, 0.6) is 0 Å². The lowest BCUT2D eigenvalue weighted by atomic mass is 10.0. The molecule has 0 atom stereocenters. The van der Waals surface area contributed by atoms with Crippen molar-refractivity contribution in [2.24, 2.45) is 0 Å². The summed E-state index contributed by atoms with van der Waals surface area (Å²) in [7, 11) is 0. The van der Waals surface area contributed by atoms with E-state index in [4.69, 9.17) is 23.2 Å². The highest BCUT2D eigenvalue weighted by atomic mass is 35.5. The molecule has 0 aliphatic carbocycles. The summed E-state index contributed by atoms with van der Waals surface area (Å²) in [6, 6.07) is 8.56. The lowest BCUT2D eigenvalue weighted by Crippen LogP contribution is -2.01. The molecule has 3 aromatic rings. The minimum absolute atomic E-state index is 0.185. The molecule has 0 fully saturated rings. The van der Waals surface area contributed by atoms with Crippen molar-refractivity contribution in [3.05, 3.63) is 50.8 Å². The maximum atomic E-state index is 11.5. The van der Waals surface area contributed by atoms with Crippen LogP contribution < -0.4 is 0 Å². The molecule has 0 aliphatic heterocycles. The Kier molecular flexibility index (Phi) is 3.61. The molecule has 0 aliphatic rings. The SMILES string of the molecule is Cc1cc(Cl)cc2c(C(=O)O)cc(-c3ccc(Cl)s3)nc12. The van der Waals surface area contributed by atoms with Gasteiger partial charge in [-0.25, -0.2) is 9.78 Å². The third kappa shape index (κ3) is 2.62. The number of thiophene rings is 1. The van der Waals surface area contributed by atoms with Crippen molar-refractivity contribution >= 4 is 51.4 Å². The molecular weight excluding hydrogens is 329 g/mol. The fraction of sp³-hybridized carbons (Fsp3) is 0.0667. The molecule has 1 N–H and O–H groups in total. The van der Waals surface area contributed by atoms with E-state index >= 15 is 0 Å². The number of carbonyl (C=O) groups is 1. The van der Waals surface area contributed by atoms with E-state index in [1.165, 1.54) is 11.3 Å². The number of pyridine rings is 1. The molecule has 1 aromatic carbocycles. The van der Waals surface area contributed by atoms with Gasteiger partial charge in [0.2, 0.25) is 0 Å². The second-order valence-electron chi connectivity index (χ2n) is 4.58. The molecule has 0 saturated carbocycles. The summed E-state index contributed by atoms with van der Waals surface area (Å²) in [6.45, 7) is 1.86. The van der Waals surface area contributed by atoms with Gasteiger partial charge in [-0.05, 0) is 42.8 Å². The molecule has 21 heavy (non-hydrogen) atoms. The first-order valence-electron chi connectivity index (χ1n) is 6.05. The number of carboxylic acids is 1. The fourth-order valence-corrected chi connectivity index (χ4v) is 3.49. The first kappa shape index (κ1) is 14.3. The third-order valence-corrected chi connectivity index (χ3v) is 4.60. The van der Waals surface area contributed by atoms with Crippen molar-refractivity contribution in [3.8, 4) is 10.6 Å². The zero-order chi connectivity index (χ0) is 15.1. The summed E-state index contributed by atoms with van der Waals surface area (Å²) >= 11 is 13.3. The number of rotatable bonds is 2. The predicted molar refractivity (Wildman–Crippen MR) is 86.8 cm³/mol. The Morgan fingerprint density at radius 3 is 2.62 bits per heavy atom. The van der Waals surface area contributed by atoms with E-state index in [0.29, 0.717) is 26.0 Å². The normalized spacial score (nSPS) is 11.0. The standard InChI is InChI=1S/C15H9Cl2NO2S/c1-7-4-8(16)5-9-10(15(19)20)6-11(18-14(7)9)12-2-3-13(17)21-12/h2-6H,1H3,(H,19,20). The maximum Gasteiger partial charge on any atom is 0.336 e. The largest absolute Gasteiger partial charge is 0.478 e. The van der Waals surface area contributed by atoms with Gasteiger partial charge in [-0.15, -0.1) is 11.3 Å². The van der Waals surface area contributed by atoms with E-state index in [2.05, 4.69) is 4.98 Å². The number of hydrogen-bond acceptors (Lipinski definition) is 3. The van der Waals surface area contributed by atoms with Crippen LogP contribution in [0.25, 0.3) is 21.5 Å². The monoisotopic (exact) mass is 337 g/mol. The molecule has 3 nitrogen and oxygen atoms in total. The Hall–Kier alpha value is -1.62. The van der Waals surface area contributed by atoms with Gasteiger partial charge in [-0.2, -0.15) is 0 Å². The fourth-order valence-electron chi connectivity index (χ4n) is 2.21. The molecule has 0 bridgehead atoms. The van der Waals surface area contributed by atoms with Crippen molar-refractivity contribution in [2.45, 2.75) is 6.92 Å². The van der Waals surface area contributed by atoms with Gasteiger partial charge < -0.3 is 5.11 Å². The molecular formula is C15H9Cl2NO2S. The lowest BCUT2D eigenvalue weighted by Gasteiger charge is -2.08. The highest BCUT2D eigenvalue weighted by Crippen LogP contribution is 2.33. The Morgan fingerprint density at radius 2 is 2.00 bits per heavy atom. The lowest BCUT2D eigenvalue weighted by molar-refractivity contribution is 0.0699. The van der Waals surface area contributed by atoms with E-state index in [0.717, 1.165) is 10.4 Å². The number of benzene rings is 1. The average Bonchev–Trinajstić information content (AvgIpc) is 2.84. The molecule has 106 valence electrons. The number of halogens is 2. The molecule has 6 heteroatoms. The summed E-state index contributed by atoms with van der Waals surface area (Å²) in [4.78, 5) is 16.9. The van der Waals surface area contributed by atoms with Crippen LogP contribution in [-0.2, 0) is 0 Å². The van der Waals surface area contributed by atoms with Gasteiger partial charge in [0.25, 0.3) is 0 Å². The zero-order valence-electron chi connectivity index (χ0n) is 10.9. The van der Waals surface area contributed by atoms with Gasteiger partial charge in [0, 0.05) is 10.4 Å². The highest BCUT2D eigenvalue weighted by molar-refractivity contribution is 7.19. The predicted octanol–water partition coefficient (Wildman–Crippen LogP) is 5.28. The number of aromatic nitrogens is 1. The van der Waals surface area contributed by atoms with Crippen LogP contribution in [0, 0.1) is 6.92 Å². The van der Waals surface area contributed by atoms with E-state index in [1.54, 1.807) is 24.3 Å². The smallest absolute Gasteiger partial charge is 0.336 e. The molecule has 3 rings (SSSR count). The third-order valence-electron chi connectivity index (χ3n) is 3.12. The quantitative estimate of drug-likeness (QED) is 0.692. The van der Waals surface area contributed by atoms with Crippen LogP contribution in [0.15, 0.2) is 30.3 Å². The van der Waals surface area contributed by atoms with E-state index in [-0.39, 0.29) is 5.56 Å². The van der Waals surface area contributed by atoms with E-state index in [1.807, 2.05) is 13.0 Å². The average molecular weight is 338 g/mol. The van der Waals surface area contributed by atoms with E-state index < -0.39 is 5.97 Å². The van der Waals surface area contributed by atoms with Crippen LogP contribution in [0.1, 0.15) is 15.9 Å². The van der Waals surface area contributed by atoms with Gasteiger partial charge in [0.15, 0.2) is 0 Å². The van der Waals surface area contributed by atoms with Crippen molar-refractivity contribution in [1.29, 1.82) is 0 Å². The van der Waals surface area contributed by atoms with Crippen LogP contribution >= 0.6 is 34.5 Å². The zero-order valence-corrected chi connectivity index (χ0v) is 13.2. The van der Waals surface area contributed by atoms with Crippen LogP contribution in [-0.4, -0.2) is 16.1 Å². The summed E-state index contributed by atoms with van der Waals surface area (Å²) in [5.74, 6) is -1.01. The summed E-state index contributed by atoms with van der Waals surface area (Å²) < 4.78 is 0.636. The molecule has 0 radical (unpaired) electrons. The minimum Gasteiger partial charge on any atom is -0.478 e. The molecule has 0 amide bonds. The molecule has 0 unspecified atom stereocenters. The van der Waals surface area contributed by atoms with E-state index in [9.17, 15) is 9.90 Å². The van der Waals surface area contributed by atoms with Crippen LogP contribution in [0.4, 0.5) is 0 Å². The first-order valence-corrected chi connectivity index (χ1v) is 7.63. The number of nitrogens with zero attached hydrogens (tertiary/aromatic N) is 1. The van der Waals surface area contributed by atoms with Crippen LogP contribution in [0.3, 0.4) is 0 Å². The minimum atomic E-state index is -1.01. The molecule has 2 heterocycles. The highest BCUT2D eigenvalue weighted by Gasteiger charge is 2.15. The second-order valence-corrected chi connectivity index (χ2v) is 6.73. The van der Waals surface area contributed by atoms with Crippen molar-refractivity contribution < 1.29 is 9.90 Å². The van der Waals surface area contributed by atoms with Crippen molar-refractivity contribution in [2.75, 3.05) is 0 Å². The summed E-state index contributed by atoms with van der Waals surface area (Å²) in [6.07, 6.45) is 0. The van der Waals surface area contributed by atoms with Gasteiger partial charge in [0.1, 0.15) is 0 Å². The van der Waals surface area contributed by atoms with Crippen LogP contribution in [0.2, 0.25) is 9.36 Å². The topological polar surface area (TPSA) is 50.2 Å². The van der Waals surface area contributed by atoms with Gasteiger partial charge in [0.05, 0.1) is 26.0 Å². The Balaban J connectivity index is 2.37. The summed E-state index contributed by atoms with van der Waals surface area (Å²) in [5, 5.41) is 10.5. The Labute approximate surface area is 134 Å². The second kappa shape index (κ2) is 5.30. The first-order chi connectivity index (χ1) is 9.95. The van der Waals surface area contributed by atoms with Gasteiger partial charge >= 0.3 is 5.97 Å². The number of hydrogen-bond donors (Lipinski definition) is 1. The van der Waals surface area contributed by atoms with Gasteiger partial charge in [-0.1, -0.05) is 23.2 Å². The Bertz CT molecular complexity index is 873. The number of fused-ring (bicyclic) bond motifs is 1. The van der Waals surface area contributed by atoms with Crippen molar-refractivity contribution in [3.63, 3.8) is 0 Å². The Morgan fingerprint density at radius 1 is 1.24 bits per heavy atom.